The van der Waals surface area contributed by atoms with Crippen molar-refractivity contribution < 1.29 is 0 Å². The summed E-state index contributed by atoms with van der Waals surface area (Å²) in [5.74, 6) is 2.38. The number of aryl methyl sites for hydroxylation is 1. The summed E-state index contributed by atoms with van der Waals surface area (Å²) in [6, 6.07) is 6.58. The summed E-state index contributed by atoms with van der Waals surface area (Å²) in [6.07, 6.45) is 7.07. The van der Waals surface area contributed by atoms with E-state index in [4.69, 9.17) is 0 Å². The van der Waals surface area contributed by atoms with Crippen molar-refractivity contribution in [3.05, 3.63) is 39.8 Å². The van der Waals surface area contributed by atoms with Crippen LogP contribution < -0.4 is 10.6 Å². The van der Waals surface area contributed by atoms with Gasteiger partial charge in [0.05, 0.1) is 11.4 Å². The SMILES string of the molecule is Cc1ccc(CNCC2CCC(c3nnn4c3-c3cc[nH]c3NC4C)CC2)s1. The van der Waals surface area contributed by atoms with Crippen LogP contribution in [0.4, 0.5) is 5.82 Å². The van der Waals surface area contributed by atoms with E-state index in [0.717, 1.165) is 24.8 Å². The van der Waals surface area contributed by atoms with Crippen LogP contribution in [0.1, 0.15) is 60.1 Å². The van der Waals surface area contributed by atoms with Crippen LogP contribution in [0.25, 0.3) is 11.3 Å². The highest BCUT2D eigenvalue weighted by molar-refractivity contribution is 7.11. The molecule has 1 unspecified atom stereocenters. The van der Waals surface area contributed by atoms with Crippen LogP contribution in [-0.4, -0.2) is 26.5 Å². The van der Waals surface area contributed by atoms with E-state index in [1.165, 1.54) is 52.4 Å². The highest BCUT2D eigenvalue weighted by Gasteiger charge is 2.32. The third-order valence-corrected chi connectivity index (χ3v) is 7.21. The predicted molar refractivity (Wildman–Crippen MR) is 114 cm³/mol. The molecule has 0 bridgehead atoms. The second-order valence-electron chi connectivity index (χ2n) is 8.22. The Morgan fingerprint density at radius 3 is 2.86 bits per heavy atom. The van der Waals surface area contributed by atoms with Gasteiger partial charge in [0.25, 0.3) is 0 Å². The number of nitrogens with one attached hydrogen (secondary N) is 3. The zero-order valence-electron chi connectivity index (χ0n) is 16.5. The highest BCUT2D eigenvalue weighted by Crippen LogP contribution is 2.43. The van der Waals surface area contributed by atoms with Crippen molar-refractivity contribution in [2.75, 3.05) is 11.9 Å². The number of fused-ring (bicyclic) bond motifs is 3. The van der Waals surface area contributed by atoms with Gasteiger partial charge in [0.2, 0.25) is 0 Å². The number of thiophene rings is 1. The average molecular weight is 397 g/mol. The molecule has 1 atom stereocenters. The molecular formula is C21H28N6S. The molecule has 0 radical (unpaired) electrons. The van der Waals surface area contributed by atoms with Crippen LogP contribution in [0, 0.1) is 12.8 Å². The van der Waals surface area contributed by atoms with E-state index in [2.05, 4.69) is 58.0 Å². The fourth-order valence-corrected chi connectivity index (χ4v) is 5.55. The molecule has 1 aliphatic carbocycles. The number of hydrogen-bond donors (Lipinski definition) is 3. The molecule has 2 aliphatic rings. The molecule has 0 saturated heterocycles. The molecule has 1 saturated carbocycles. The van der Waals surface area contributed by atoms with Crippen molar-refractivity contribution in [3.8, 4) is 11.3 Å². The summed E-state index contributed by atoms with van der Waals surface area (Å²) < 4.78 is 2.04. The molecule has 1 aliphatic heterocycles. The van der Waals surface area contributed by atoms with E-state index in [1.807, 2.05) is 22.2 Å². The van der Waals surface area contributed by atoms with Crippen LogP contribution >= 0.6 is 11.3 Å². The Bertz CT molecular complexity index is 946. The number of H-pyrrole nitrogens is 1. The van der Waals surface area contributed by atoms with Crippen molar-refractivity contribution in [3.63, 3.8) is 0 Å². The van der Waals surface area contributed by atoms with Gasteiger partial charge in [-0.15, -0.1) is 16.4 Å². The summed E-state index contributed by atoms with van der Waals surface area (Å²) >= 11 is 1.89. The maximum atomic E-state index is 4.62. The first kappa shape index (κ1) is 17.9. The Balaban J connectivity index is 1.21. The second kappa shape index (κ2) is 7.37. The first-order valence-corrected chi connectivity index (χ1v) is 11.2. The van der Waals surface area contributed by atoms with E-state index in [-0.39, 0.29) is 6.17 Å². The number of anilines is 1. The van der Waals surface area contributed by atoms with E-state index < -0.39 is 0 Å². The first-order valence-electron chi connectivity index (χ1n) is 10.3. The number of aromatic nitrogens is 4. The minimum absolute atomic E-state index is 0.129. The van der Waals surface area contributed by atoms with E-state index in [0.29, 0.717) is 5.92 Å². The van der Waals surface area contributed by atoms with E-state index in [9.17, 15) is 0 Å². The molecule has 0 aromatic carbocycles. The van der Waals surface area contributed by atoms with Gasteiger partial charge in [-0.25, -0.2) is 4.68 Å². The Hall–Kier alpha value is -2.12. The third kappa shape index (κ3) is 3.26. The van der Waals surface area contributed by atoms with Gasteiger partial charge in [-0.3, -0.25) is 0 Å². The molecule has 5 rings (SSSR count). The van der Waals surface area contributed by atoms with Gasteiger partial charge in [0.15, 0.2) is 0 Å². The second-order valence-corrected chi connectivity index (χ2v) is 9.59. The third-order valence-electron chi connectivity index (χ3n) is 6.20. The van der Waals surface area contributed by atoms with Crippen LogP contribution in [0.5, 0.6) is 0 Å². The van der Waals surface area contributed by atoms with Crippen LogP contribution in [0.15, 0.2) is 24.4 Å². The summed E-state index contributed by atoms with van der Waals surface area (Å²) in [6.45, 7) is 6.42. The molecule has 3 N–H and O–H groups in total. The van der Waals surface area contributed by atoms with Gasteiger partial charge in [0.1, 0.15) is 12.0 Å². The van der Waals surface area contributed by atoms with E-state index in [1.54, 1.807) is 0 Å². The van der Waals surface area contributed by atoms with Gasteiger partial charge in [0, 0.05) is 34.0 Å². The Labute approximate surface area is 169 Å². The van der Waals surface area contributed by atoms with Gasteiger partial charge in [-0.1, -0.05) is 5.21 Å². The molecule has 6 nitrogen and oxygen atoms in total. The fraction of sp³-hybridized carbons (Fsp3) is 0.524. The van der Waals surface area contributed by atoms with E-state index >= 15 is 0 Å². The first-order chi connectivity index (χ1) is 13.7. The summed E-state index contributed by atoms with van der Waals surface area (Å²) in [4.78, 5) is 6.14. The van der Waals surface area contributed by atoms with Crippen molar-refractivity contribution in [1.29, 1.82) is 0 Å². The Morgan fingerprint density at radius 2 is 2.07 bits per heavy atom. The predicted octanol–water partition coefficient (Wildman–Crippen LogP) is 4.65. The van der Waals surface area contributed by atoms with Crippen molar-refractivity contribution in [1.82, 2.24) is 25.3 Å². The molecular weight excluding hydrogens is 368 g/mol. The Kier molecular flexibility index (Phi) is 4.72. The fourth-order valence-electron chi connectivity index (χ4n) is 4.69. The summed E-state index contributed by atoms with van der Waals surface area (Å²) in [7, 11) is 0. The topological polar surface area (TPSA) is 70.6 Å². The van der Waals surface area contributed by atoms with Crippen LogP contribution in [0.2, 0.25) is 0 Å². The van der Waals surface area contributed by atoms with Crippen molar-refractivity contribution in [2.24, 2.45) is 5.92 Å². The maximum absolute atomic E-state index is 4.62. The van der Waals surface area contributed by atoms with Gasteiger partial charge in [-0.05, 0) is 70.2 Å². The zero-order chi connectivity index (χ0) is 19.1. The Morgan fingerprint density at radius 1 is 1.21 bits per heavy atom. The maximum Gasteiger partial charge on any atom is 0.121 e. The average Bonchev–Trinajstić information content (AvgIpc) is 3.41. The lowest BCUT2D eigenvalue weighted by Crippen LogP contribution is -2.26. The molecule has 3 aromatic rings. The lowest BCUT2D eigenvalue weighted by atomic mass is 9.79. The molecule has 0 spiro atoms. The smallest absolute Gasteiger partial charge is 0.121 e. The molecule has 0 amide bonds. The molecule has 7 heteroatoms. The van der Waals surface area contributed by atoms with Crippen molar-refractivity contribution >= 4 is 17.2 Å². The molecule has 1 fully saturated rings. The van der Waals surface area contributed by atoms with Gasteiger partial charge in [-0.2, -0.15) is 0 Å². The van der Waals surface area contributed by atoms with Gasteiger partial charge < -0.3 is 15.6 Å². The molecule has 4 heterocycles. The number of aromatic amines is 1. The lowest BCUT2D eigenvalue weighted by Gasteiger charge is -2.29. The highest BCUT2D eigenvalue weighted by atomic mass is 32.1. The minimum atomic E-state index is 0.129. The summed E-state index contributed by atoms with van der Waals surface area (Å²) in [5.41, 5.74) is 3.60. The van der Waals surface area contributed by atoms with Crippen LogP contribution in [0.3, 0.4) is 0 Å². The van der Waals surface area contributed by atoms with Crippen molar-refractivity contribution in [2.45, 2.75) is 58.2 Å². The minimum Gasteiger partial charge on any atom is -0.350 e. The van der Waals surface area contributed by atoms with Crippen LogP contribution in [-0.2, 0) is 6.54 Å². The lowest BCUT2D eigenvalue weighted by molar-refractivity contribution is 0.311. The number of rotatable bonds is 5. The van der Waals surface area contributed by atoms with Gasteiger partial charge >= 0.3 is 0 Å². The number of hydrogen-bond acceptors (Lipinski definition) is 5. The monoisotopic (exact) mass is 396 g/mol. The largest absolute Gasteiger partial charge is 0.350 e. The normalized spacial score (nSPS) is 23.9. The molecule has 28 heavy (non-hydrogen) atoms. The number of nitrogens with zero attached hydrogens (tertiary/aromatic N) is 3. The quantitative estimate of drug-likeness (QED) is 0.587. The molecule has 148 valence electrons. The standard InChI is InChI=1S/C21H28N6S/c1-13-3-8-17(28-13)12-22-11-15-4-6-16(7-5-15)19-20-18-9-10-23-21(18)24-14(2)27(20)26-25-19/h3,8-10,14-16,22-24H,4-7,11-12H2,1-2H3. The zero-order valence-corrected chi connectivity index (χ0v) is 17.4. The molecule has 3 aromatic heterocycles. The summed E-state index contributed by atoms with van der Waals surface area (Å²) in [5, 5.41) is 16.2.